The van der Waals surface area contributed by atoms with Gasteiger partial charge in [0.05, 0.1) is 6.42 Å². The first-order valence-corrected chi connectivity index (χ1v) is 24.8. The van der Waals surface area contributed by atoms with Crippen molar-refractivity contribution >= 4 is 43.1 Å². The highest BCUT2D eigenvalue weighted by Crippen LogP contribution is 2.44. The molecular formula is C37H71NO7Si3. The highest BCUT2D eigenvalue weighted by Gasteiger charge is 2.51. The lowest BCUT2D eigenvalue weighted by Gasteiger charge is -2.44. The lowest BCUT2D eigenvalue weighted by atomic mass is 10.1. The van der Waals surface area contributed by atoms with E-state index in [1.165, 1.54) is 0 Å². The Morgan fingerprint density at radius 3 is 1.40 bits per heavy atom. The summed E-state index contributed by atoms with van der Waals surface area (Å²) < 4.78 is 31.9. The van der Waals surface area contributed by atoms with Crippen molar-refractivity contribution in [2.75, 3.05) is 31.3 Å². The van der Waals surface area contributed by atoms with Gasteiger partial charge in [-0.25, -0.2) is 0 Å². The average Bonchev–Trinajstić information content (AvgIpc) is 2.99. The maximum absolute atomic E-state index is 14.8. The molecule has 0 aromatic heterocycles. The van der Waals surface area contributed by atoms with Crippen LogP contribution in [0.1, 0.15) is 117 Å². The van der Waals surface area contributed by atoms with Crippen molar-refractivity contribution in [1.29, 1.82) is 0 Å². The Morgan fingerprint density at radius 1 is 0.625 bits per heavy atom. The van der Waals surface area contributed by atoms with Gasteiger partial charge in [-0.15, -0.1) is 0 Å². The molecule has 1 rings (SSSR count). The second-order valence-corrected chi connectivity index (χ2v) is 28.3. The van der Waals surface area contributed by atoms with Gasteiger partial charge >= 0.3 is 14.8 Å². The first-order valence-electron chi connectivity index (χ1n) is 18.6. The molecule has 11 heteroatoms. The molecule has 278 valence electrons. The van der Waals surface area contributed by atoms with Gasteiger partial charge in [0.1, 0.15) is 6.04 Å². The van der Waals surface area contributed by atoms with E-state index in [0.29, 0.717) is 38.8 Å². The van der Waals surface area contributed by atoms with Gasteiger partial charge in [-0.3, -0.25) is 9.59 Å². The van der Waals surface area contributed by atoms with Crippen LogP contribution in [0.5, 0.6) is 0 Å². The highest BCUT2D eigenvalue weighted by molar-refractivity contribution is 6.79. The fraction of sp³-hybridized carbons (Fsp3) is 0.784. The van der Waals surface area contributed by atoms with Crippen LogP contribution in [0.3, 0.4) is 0 Å². The van der Waals surface area contributed by atoms with E-state index in [9.17, 15) is 9.59 Å². The summed E-state index contributed by atoms with van der Waals surface area (Å²) >= 11 is 0. The summed E-state index contributed by atoms with van der Waals surface area (Å²) in [7, 11) is -8.09. The number of hydrogen-bond donors (Lipinski definition) is 0. The quantitative estimate of drug-likeness (QED) is 0.103. The Hall–Kier alpha value is -1.51. The highest BCUT2D eigenvalue weighted by atomic mass is 28.4. The Balaban J connectivity index is 3.78. The predicted octanol–water partition coefficient (Wildman–Crippen LogP) is 10.1. The number of para-hydroxylation sites is 1. The second-order valence-electron chi connectivity index (χ2n) is 14.9. The second kappa shape index (κ2) is 20.4. The first-order chi connectivity index (χ1) is 22.4. The molecular weight excluding hydrogens is 655 g/mol. The summed E-state index contributed by atoms with van der Waals surface area (Å²) in [6.07, 6.45) is 0.558. The molecule has 1 atom stereocenters. The molecule has 0 aliphatic heterocycles. The summed E-state index contributed by atoms with van der Waals surface area (Å²) in [5, 5.41) is 0. The van der Waals surface area contributed by atoms with Crippen LogP contribution in [-0.4, -0.2) is 69.8 Å². The molecule has 0 fully saturated rings. The smallest absolute Gasteiger partial charge is 0.500 e. The molecule has 0 N–H and O–H groups in total. The number of carbonyl (C=O) groups excluding carboxylic acids is 2. The van der Waals surface area contributed by atoms with Gasteiger partial charge in [0.2, 0.25) is 0 Å². The van der Waals surface area contributed by atoms with E-state index < -0.39 is 31.5 Å². The molecule has 0 amide bonds. The van der Waals surface area contributed by atoms with Crippen molar-refractivity contribution < 1.29 is 31.7 Å². The van der Waals surface area contributed by atoms with Crippen LogP contribution in [0, 0.1) is 0 Å². The number of benzene rings is 1. The Morgan fingerprint density at radius 2 is 1.02 bits per heavy atom. The van der Waals surface area contributed by atoms with E-state index in [-0.39, 0.29) is 51.6 Å². The third-order valence-corrected chi connectivity index (χ3v) is 25.2. The normalized spacial score (nSPS) is 13.7. The van der Waals surface area contributed by atoms with Crippen molar-refractivity contribution in [3.05, 3.63) is 30.3 Å². The van der Waals surface area contributed by atoms with E-state index in [1.807, 2.05) is 51.1 Å². The fourth-order valence-corrected chi connectivity index (χ4v) is 21.2. The number of nitrogens with zero attached hydrogens (tertiary/aromatic N) is 1. The van der Waals surface area contributed by atoms with Gasteiger partial charge in [-0.2, -0.15) is 0 Å². The summed E-state index contributed by atoms with van der Waals surface area (Å²) in [5.41, 5.74) is 2.16. The zero-order valence-electron chi connectivity index (χ0n) is 33.2. The van der Waals surface area contributed by atoms with E-state index >= 15 is 0 Å². The molecule has 0 heterocycles. The molecule has 1 aromatic carbocycles. The first kappa shape index (κ1) is 44.5. The Bertz CT molecular complexity index is 1020. The number of anilines is 1. The van der Waals surface area contributed by atoms with E-state index in [1.54, 1.807) is 0 Å². The van der Waals surface area contributed by atoms with Crippen molar-refractivity contribution in [2.45, 2.75) is 162 Å². The van der Waals surface area contributed by atoms with Crippen LogP contribution in [0.2, 0.25) is 39.3 Å². The van der Waals surface area contributed by atoms with Crippen LogP contribution in [0.25, 0.3) is 0 Å². The van der Waals surface area contributed by atoms with E-state index in [4.69, 9.17) is 22.1 Å². The fourth-order valence-electron chi connectivity index (χ4n) is 8.22. The molecule has 0 spiro atoms. The molecule has 0 saturated carbocycles. The van der Waals surface area contributed by atoms with Gasteiger partial charge < -0.3 is 27.0 Å². The Kier molecular flexibility index (Phi) is 18.9. The SMILES string of the molecule is CCO[Si](CCCN(c1ccccc1)C(CC(=O)O[Si](C(C)C)(C(C)C)C(C)C)C(=O)O[Si](C(C)C)(C(C)C)C(C)C)(OCC)OCC. The molecule has 0 aliphatic rings. The largest absolute Gasteiger partial charge is 0.518 e. The molecule has 0 radical (unpaired) electrons. The number of rotatable bonds is 23. The van der Waals surface area contributed by atoms with Crippen LogP contribution in [-0.2, 0) is 31.7 Å². The van der Waals surface area contributed by atoms with Crippen molar-refractivity contribution in [2.24, 2.45) is 0 Å². The summed E-state index contributed by atoms with van der Waals surface area (Å²) in [6, 6.07) is 9.62. The van der Waals surface area contributed by atoms with Gasteiger partial charge in [0, 0.05) is 38.1 Å². The van der Waals surface area contributed by atoms with Crippen molar-refractivity contribution in [3.63, 3.8) is 0 Å². The van der Waals surface area contributed by atoms with Gasteiger partial charge in [0.15, 0.2) is 0 Å². The van der Waals surface area contributed by atoms with Crippen LogP contribution < -0.4 is 4.90 Å². The van der Waals surface area contributed by atoms with Crippen LogP contribution >= 0.6 is 0 Å². The zero-order chi connectivity index (χ0) is 36.9. The summed E-state index contributed by atoms with van der Waals surface area (Å²) in [4.78, 5) is 31.0. The minimum absolute atomic E-state index is 0.0850. The van der Waals surface area contributed by atoms with E-state index in [0.717, 1.165) is 5.69 Å². The minimum Gasteiger partial charge on any atom is -0.518 e. The topological polar surface area (TPSA) is 83.5 Å². The molecule has 8 nitrogen and oxygen atoms in total. The average molecular weight is 726 g/mol. The molecule has 0 aliphatic carbocycles. The monoisotopic (exact) mass is 725 g/mol. The third-order valence-electron chi connectivity index (χ3n) is 10.1. The molecule has 48 heavy (non-hydrogen) atoms. The Labute approximate surface area is 297 Å². The van der Waals surface area contributed by atoms with Crippen LogP contribution in [0.4, 0.5) is 5.69 Å². The number of hydrogen-bond acceptors (Lipinski definition) is 8. The van der Waals surface area contributed by atoms with Gasteiger partial charge in [-0.1, -0.05) is 101 Å². The minimum atomic E-state index is -2.93. The van der Waals surface area contributed by atoms with Crippen LogP contribution in [0.15, 0.2) is 30.3 Å². The standard InChI is InChI=1S/C37H71NO7Si3/c1-16-41-46(42-17-2,43-18-3)26-22-25-38(34-23-20-19-21-24-34)35(37(40)45-48(31(10)11,32(12)13)33(14)15)27-36(39)44-47(28(4)5,29(6)7)30(8)9/h19-21,23-24,28-33,35H,16-18,22,25-27H2,1-15H3. The van der Waals surface area contributed by atoms with Gasteiger partial charge in [0.25, 0.3) is 22.6 Å². The lowest BCUT2D eigenvalue weighted by molar-refractivity contribution is -0.143. The van der Waals surface area contributed by atoms with Gasteiger partial charge in [-0.05, 0) is 72.6 Å². The maximum Gasteiger partial charge on any atom is 0.500 e. The predicted molar refractivity (Wildman–Crippen MR) is 207 cm³/mol. The zero-order valence-corrected chi connectivity index (χ0v) is 36.2. The summed E-state index contributed by atoms with van der Waals surface area (Å²) in [6.45, 7) is 33.9. The summed E-state index contributed by atoms with van der Waals surface area (Å²) in [5.74, 6) is -0.666. The third kappa shape index (κ3) is 11.0. The van der Waals surface area contributed by atoms with E-state index in [2.05, 4.69) is 88.0 Å². The molecule has 1 unspecified atom stereocenters. The molecule has 0 saturated heterocycles. The maximum atomic E-state index is 14.8. The molecule has 0 bridgehead atoms. The van der Waals surface area contributed by atoms with Crippen molar-refractivity contribution in [3.8, 4) is 0 Å². The molecule has 1 aromatic rings. The lowest BCUT2D eigenvalue weighted by Crippen LogP contribution is -2.55. The number of carbonyl (C=O) groups is 2. The van der Waals surface area contributed by atoms with Crippen molar-refractivity contribution in [1.82, 2.24) is 0 Å².